The number of aryl methyl sites for hydroxylation is 4. The van der Waals surface area contributed by atoms with Crippen molar-refractivity contribution in [3.63, 3.8) is 0 Å². The third-order valence-corrected chi connectivity index (χ3v) is 5.99. The largest absolute Gasteiger partial charge is 0.411 e. The smallest absolute Gasteiger partial charge is 0.135 e. The maximum Gasteiger partial charge on any atom is 0.135 e. The molecular weight excluding hydrogens is 328 g/mol. The zero-order chi connectivity index (χ0) is 16.7. The Bertz CT molecular complexity index is 869. The molecule has 1 aliphatic carbocycles. The number of hydrogen-bond acceptors (Lipinski definition) is 6. The lowest BCUT2D eigenvalue weighted by Gasteiger charge is -2.07. The molecule has 4 nitrogen and oxygen atoms in total. The fourth-order valence-electron chi connectivity index (χ4n) is 3.15. The van der Waals surface area contributed by atoms with Crippen molar-refractivity contribution in [3.05, 3.63) is 42.8 Å². The topological polar surface area (TPSA) is 65.2 Å². The SMILES string of the molecule is Cc1cc(C2=C(c3cc(C)sc3C)C(=N/O)/C(=N/O)C2)c(C)s1. The molecule has 2 aromatic rings. The molecule has 0 unspecified atom stereocenters. The van der Waals surface area contributed by atoms with E-state index in [0.717, 1.165) is 22.3 Å². The third-order valence-electron chi connectivity index (χ3n) is 4.05. The van der Waals surface area contributed by atoms with Gasteiger partial charge in [0.25, 0.3) is 0 Å². The average molecular weight is 346 g/mol. The van der Waals surface area contributed by atoms with Crippen LogP contribution in [0.4, 0.5) is 0 Å². The van der Waals surface area contributed by atoms with Gasteiger partial charge in [-0.3, -0.25) is 0 Å². The van der Waals surface area contributed by atoms with Crippen molar-refractivity contribution in [1.29, 1.82) is 0 Å². The highest BCUT2D eigenvalue weighted by atomic mass is 32.1. The van der Waals surface area contributed by atoms with E-state index < -0.39 is 0 Å². The molecule has 0 aliphatic heterocycles. The lowest BCUT2D eigenvalue weighted by molar-refractivity contribution is 0.314. The van der Waals surface area contributed by atoms with E-state index in [9.17, 15) is 10.4 Å². The summed E-state index contributed by atoms with van der Waals surface area (Å²) in [5, 5.41) is 25.6. The molecule has 2 N–H and O–H groups in total. The molecular formula is C17H18N2O2S2. The number of hydrogen-bond donors (Lipinski definition) is 2. The van der Waals surface area contributed by atoms with Crippen LogP contribution >= 0.6 is 22.7 Å². The maximum atomic E-state index is 9.50. The van der Waals surface area contributed by atoms with Gasteiger partial charge in [-0.25, -0.2) is 0 Å². The van der Waals surface area contributed by atoms with Crippen molar-refractivity contribution in [2.45, 2.75) is 34.1 Å². The summed E-state index contributed by atoms with van der Waals surface area (Å²) in [5.41, 5.74) is 4.91. The van der Waals surface area contributed by atoms with Gasteiger partial charge in [0.15, 0.2) is 0 Å². The minimum absolute atomic E-state index is 0.367. The van der Waals surface area contributed by atoms with Gasteiger partial charge >= 0.3 is 0 Å². The van der Waals surface area contributed by atoms with Crippen LogP contribution in [0, 0.1) is 27.7 Å². The minimum Gasteiger partial charge on any atom is -0.411 e. The van der Waals surface area contributed by atoms with Crippen LogP contribution in [0.2, 0.25) is 0 Å². The Labute approximate surface area is 143 Å². The van der Waals surface area contributed by atoms with Crippen LogP contribution in [0.15, 0.2) is 22.4 Å². The van der Waals surface area contributed by atoms with Gasteiger partial charge in [-0.1, -0.05) is 10.3 Å². The fourth-order valence-corrected chi connectivity index (χ4v) is 5.03. The Kier molecular flexibility index (Phi) is 4.12. The monoisotopic (exact) mass is 346 g/mol. The molecule has 1 aliphatic rings. The zero-order valence-electron chi connectivity index (χ0n) is 13.5. The molecule has 2 heterocycles. The first-order valence-corrected chi connectivity index (χ1v) is 8.91. The van der Waals surface area contributed by atoms with E-state index in [1.165, 1.54) is 19.5 Å². The minimum atomic E-state index is 0.367. The summed E-state index contributed by atoms with van der Waals surface area (Å²) < 4.78 is 0. The van der Waals surface area contributed by atoms with Crippen LogP contribution in [0.25, 0.3) is 11.1 Å². The van der Waals surface area contributed by atoms with Gasteiger partial charge in [0.2, 0.25) is 0 Å². The van der Waals surface area contributed by atoms with E-state index in [1.807, 2.05) is 0 Å². The predicted molar refractivity (Wildman–Crippen MR) is 97.5 cm³/mol. The number of oxime groups is 2. The van der Waals surface area contributed by atoms with E-state index in [4.69, 9.17) is 0 Å². The summed E-state index contributed by atoms with van der Waals surface area (Å²) in [6.45, 7) is 8.30. The van der Waals surface area contributed by atoms with Gasteiger partial charge in [-0.15, -0.1) is 22.7 Å². The van der Waals surface area contributed by atoms with Crippen molar-refractivity contribution in [3.8, 4) is 0 Å². The maximum absolute atomic E-state index is 9.50. The fraction of sp³-hybridized carbons (Fsp3) is 0.294. The Hall–Kier alpha value is -1.92. The molecule has 6 heteroatoms. The summed E-state index contributed by atoms with van der Waals surface area (Å²) in [6, 6.07) is 4.26. The Morgan fingerprint density at radius 3 is 1.87 bits per heavy atom. The summed E-state index contributed by atoms with van der Waals surface area (Å²) in [5.74, 6) is 0. The summed E-state index contributed by atoms with van der Waals surface area (Å²) in [4.78, 5) is 4.82. The van der Waals surface area contributed by atoms with E-state index in [2.05, 4.69) is 50.1 Å². The second kappa shape index (κ2) is 5.94. The second-order valence-electron chi connectivity index (χ2n) is 5.68. The highest BCUT2D eigenvalue weighted by Crippen LogP contribution is 2.42. The first-order chi connectivity index (χ1) is 11.0. The second-order valence-corrected chi connectivity index (χ2v) is 8.60. The normalized spacial score (nSPS) is 18.6. The van der Waals surface area contributed by atoms with E-state index in [1.54, 1.807) is 22.7 Å². The van der Waals surface area contributed by atoms with Gasteiger partial charge in [0, 0.05) is 31.5 Å². The lowest BCUT2D eigenvalue weighted by atomic mass is 9.97. The van der Waals surface area contributed by atoms with Crippen LogP contribution in [0.3, 0.4) is 0 Å². The zero-order valence-corrected chi connectivity index (χ0v) is 15.1. The van der Waals surface area contributed by atoms with Gasteiger partial charge < -0.3 is 10.4 Å². The molecule has 0 aromatic carbocycles. The Balaban J connectivity index is 2.31. The van der Waals surface area contributed by atoms with Crippen molar-refractivity contribution in [2.75, 3.05) is 0 Å². The first-order valence-electron chi connectivity index (χ1n) is 7.28. The van der Waals surface area contributed by atoms with Gasteiger partial charge in [-0.05, 0) is 56.5 Å². The molecule has 120 valence electrons. The van der Waals surface area contributed by atoms with E-state index in [0.29, 0.717) is 17.8 Å². The molecule has 0 fully saturated rings. The quantitative estimate of drug-likeness (QED) is 0.592. The van der Waals surface area contributed by atoms with E-state index >= 15 is 0 Å². The molecule has 0 bridgehead atoms. The lowest BCUT2D eigenvalue weighted by Crippen LogP contribution is -2.09. The van der Waals surface area contributed by atoms with Gasteiger partial charge in [-0.2, -0.15) is 0 Å². The summed E-state index contributed by atoms with van der Waals surface area (Å²) in [6.07, 6.45) is 0.469. The van der Waals surface area contributed by atoms with Crippen LogP contribution in [0.5, 0.6) is 0 Å². The highest BCUT2D eigenvalue weighted by molar-refractivity contribution is 7.12. The van der Waals surface area contributed by atoms with Gasteiger partial charge in [0.05, 0.1) is 0 Å². The number of rotatable bonds is 2. The molecule has 0 spiro atoms. The molecule has 2 aromatic heterocycles. The Morgan fingerprint density at radius 2 is 1.43 bits per heavy atom. The Morgan fingerprint density at radius 1 is 0.870 bits per heavy atom. The number of allylic oxidation sites excluding steroid dienone is 2. The first kappa shape index (κ1) is 16.0. The molecule has 0 saturated heterocycles. The standard InChI is InChI=1S/C17H18N2O2S2/c1-8-5-12(10(3)22-8)14-7-15(18-20)17(19-21)16(14)13-6-9(2)23-11(13)4/h5-6,20-21H,7H2,1-4H3/b18-15+,19-17+. The molecule has 23 heavy (non-hydrogen) atoms. The molecule has 0 saturated carbocycles. The molecule has 0 amide bonds. The summed E-state index contributed by atoms with van der Waals surface area (Å²) in [7, 11) is 0. The van der Waals surface area contributed by atoms with Crippen LogP contribution in [-0.2, 0) is 0 Å². The number of nitrogens with zero attached hydrogens (tertiary/aromatic N) is 2. The molecule has 3 rings (SSSR count). The highest BCUT2D eigenvalue weighted by Gasteiger charge is 2.33. The van der Waals surface area contributed by atoms with Crippen molar-refractivity contribution >= 4 is 45.2 Å². The molecule has 0 atom stereocenters. The summed E-state index contributed by atoms with van der Waals surface area (Å²) >= 11 is 3.46. The van der Waals surface area contributed by atoms with Gasteiger partial charge in [0.1, 0.15) is 11.4 Å². The predicted octanol–water partition coefficient (Wildman–Crippen LogP) is 5.02. The van der Waals surface area contributed by atoms with Crippen molar-refractivity contribution < 1.29 is 10.4 Å². The van der Waals surface area contributed by atoms with Crippen molar-refractivity contribution in [1.82, 2.24) is 0 Å². The average Bonchev–Trinajstić information content (AvgIpc) is 3.13. The third kappa shape index (κ3) is 2.62. The molecule has 0 radical (unpaired) electrons. The van der Waals surface area contributed by atoms with Crippen LogP contribution in [0.1, 0.15) is 37.1 Å². The van der Waals surface area contributed by atoms with Crippen LogP contribution < -0.4 is 0 Å². The van der Waals surface area contributed by atoms with Crippen molar-refractivity contribution in [2.24, 2.45) is 10.3 Å². The number of thiophene rings is 2. The van der Waals surface area contributed by atoms with E-state index in [-0.39, 0.29) is 0 Å². The van der Waals surface area contributed by atoms with Crippen LogP contribution in [-0.4, -0.2) is 21.8 Å².